The lowest BCUT2D eigenvalue weighted by molar-refractivity contribution is -0.158. The average Bonchev–Trinajstić information content (AvgIpc) is 3.04. The summed E-state index contributed by atoms with van der Waals surface area (Å²) < 4.78 is 37.4. The fourth-order valence-corrected chi connectivity index (χ4v) is 2.67. The molecule has 0 aliphatic heterocycles. The zero-order valence-electron chi connectivity index (χ0n) is 14.6. The van der Waals surface area contributed by atoms with E-state index in [2.05, 4.69) is 25.3 Å². The predicted octanol–water partition coefficient (Wildman–Crippen LogP) is 2.84. The Bertz CT molecular complexity index is 955. The number of fused-ring (bicyclic) bond motifs is 1. The van der Waals surface area contributed by atoms with Crippen LogP contribution in [0.3, 0.4) is 0 Å². The van der Waals surface area contributed by atoms with E-state index in [1.807, 2.05) is 6.07 Å². The van der Waals surface area contributed by atoms with E-state index in [1.165, 1.54) is 13.1 Å². The largest absolute Gasteiger partial charge is 0.406 e. The number of amides is 1. The fraction of sp³-hybridized carbons (Fsp3) is 0.294. The Labute approximate surface area is 152 Å². The molecule has 0 aliphatic carbocycles. The third kappa shape index (κ3) is 4.33. The van der Waals surface area contributed by atoms with E-state index in [1.54, 1.807) is 24.5 Å². The molecule has 0 fully saturated rings. The predicted molar refractivity (Wildman–Crippen MR) is 93.9 cm³/mol. The Hall–Kier alpha value is -3.17. The Morgan fingerprint density at radius 3 is 2.81 bits per heavy atom. The molecular formula is C17H17F3N6O. The lowest BCUT2D eigenvalue weighted by Crippen LogP contribution is -2.43. The van der Waals surface area contributed by atoms with Gasteiger partial charge in [0.2, 0.25) is 5.91 Å². The summed E-state index contributed by atoms with van der Waals surface area (Å²) in [5, 5.41) is 3.66. The smallest absolute Gasteiger partial charge is 0.359 e. The molecule has 0 aromatic carbocycles. The maximum absolute atomic E-state index is 12.5. The molecule has 27 heavy (non-hydrogen) atoms. The molecule has 7 nitrogen and oxygen atoms in total. The lowest BCUT2D eigenvalue weighted by Gasteiger charge is -2.23. The number of hydrogen-bond acceptors (Lipinski definition) is 5. The highest BCUT2D eigenvalue weighted by atomic mass is 19.4. The van der Waals surface area contributed by atoms with Crippen molar-refractivity contribution in [3.63, 3.8) is 0 Å². The van der Waals surface area contributed by atoms with E-state index >= 15 is 0 Å². The summed E-state index contributed by atoms with van der Waals surface area (Å²) in [6.45, 7) is 0.168. The van der Waals surface area contributed by atoms with E-state index in [0.717, 1.165) is 18.0 Å². The summed E-state index contributed by atoms with van der Waals surface area (Å²) in [5.74, 6) is 0.0471. The number of anilines is 1. The number of halogens is 3. The van der Waals surface area contributed by atoms with Gasteiger partial charge in [0.25, 0.3) is 0 Å². The van der Waals surface area contributed by atoms with Crippen molar-refractivity contribution >= 4 is 22.8 Å². The number of nitrogens with zero attached hydrogens (tertiary/aromatic N) is 4. The van der Waals surface area contributed by atoms with Crippen LogP contribution in [0.5, 0.6) is 0 Å². The molecule has 1 atom stereocenters. The minimum absolute atomic E-state index is 0.333. The normalized spacial score (nSPS) is 12.8. The maximum atomic E-state index is 12.5. The lowest BCUT2D eigenvalue weighted by atomic mass is 10.2. The molecule has 3 aromatic rings. The molecule has 0 aliphatic rings. The van der Waals surface area contributed by atoms with Gasteiger partial charge >= 0.3 is 6.18 Å². The van der Waals surface area contributed by atoms with Gasteiger partial charge in [-0.2, -0.15) is 13.2 Å². The number of nitrogens with one attached hydrogen (secondary N) is 2. The van der Waals surface area contributed by atoms with Gasteiger partial charge in [-0.25, -0.2) is 15.0 Å². The third-order valence-corrected chi connectivity index (χ3v) is 3.88. The Kier molecular flexibility index (Phi) is 4.98. The van der Waals surface area contributed by atoms with Gasteiger partial charge in [-0.05, 0) is 25.1 Å². The number of likely N-dealkylation sites (N-methyl/N-ethyl adjacent to an activating group) is 1. The molecular weight excluding hydrogens is 361 g/mol. The van der Waals surface area contributed by atoms with Crippen LogP contribution >= 0.6 is 0 Å². The number of aromatic amines is 1. The summed E-state index contributed by atoms with van der Waals surface area (Å²) in [7, 11) is 1.11. The Morgan fingerprint density at radius 2 is 2.07 bits per heavy atom. The number of carbonyl (C=O) groups excluding carboxylic acids is 1. The Morgan fingerprint density at radius 1 is 1.30 bits per heavy atom. The first-order valence-corrected chi connectivity index (χ1v) is 8.08. The van der Waals surface area contributed by atoms with Crippen molar-refractivity contribution in [1.82, 2.24) is 24.8 Å². The highest BCUT2D eigenvalue weighted by Gasteiger charge is 2.32. The minimum Gasteiger partial charge on any atom is -0.359 e. The summed E-state index contributed by atoms with van der Waals surface area (Å²) in [6, 6.07) is 4.32. The van der Waals surface area contributed by atoms with Crippen molar-refractivity contribution in [1.29, 1.82) is 0 Å². The van der Waals surface area contributed by atoms with Crippen LogP contribution in [0.15, 0.2) is 36.8 Å². The fourth-order valence-electron chi connectivity index (χ4n) is 2.67. The zero-order chi connectivity index (χ0) is 19.6. The van der Waals surface area contributed by atoms with Crippen LogP contribution < -0.4 is 5.32 Å². The van der Waals surface area contributed by atoms with Gasteiger partial charge in [0, 0.05) is 36.6 Å². The van der Waals surface area contributed by atoms with Gasteiger partial charge in [-0.3, -0.25) is 4.79 Å². The van der Waals surface area contributed by atoms with Crippen LogP contribution in [0.1, 0.15) is 6.92 Å². The topological polar surface area (TPSA) is 86.8 Å². The van der Waals surface area contributed by atoms with Crippen LogP contribution in [0.4, 0.5) is 19.0 Å². The number of hydrogen-bond donors (Lipinski definition) is 2. The monoisotopic (exact) mass is 378 g/mol. The van der Waals surface area contributed by atoms with Crippen LogP contribution in [-0.2, 0) is 4.79 Å². The van der Waals surface area contributed by atoms with Crippen LogP contribution in [0.2, 0.25) is 0 Å². The molecule has 0 unspecified atom stereocenters. The molecule has 1 amide bonds. The van der Waals surface area contributed by atoms with E-state index < -0.39 is 24.7 Å². The summed E-state index contributed by atoms with van der Waals surface area (Å²) in [6.07, 6.45) is 0.445. The minimum atomic E-state index is -4.45. The first kappa shape index (κ1) is 18.6. The van der Waals surface area contributed by atoms with Crippen molar-refractivity contribution in [2.75, 3.05) is 18.9 Å². The van der Waals surface area contributed by atoms with E-state index in [4.69, 9.17) is 0 Å². The van der Waals surface area contributed by atoms with Crippen LogP contribution in [0.25, 0.3) is 22.4 Å². The van der Waals surface area contributed by atoms with Crippen molar-refractivity contribution in [2.45, 2.75) is 19.1 Å². The molecule has 3 rings (SSSR count). The van der Waals surface area contributed by atoms with Crippen molar-refractivity contribution in [3.8, 4) is 11.4 Å². The molecule has 0 spiro atoms. The molecule has 10 heteroatoms. The molecule has 142 valence electrons. The second-order valence-corrected chi connectivity index (χ2v) is 6.04. The maximum Gasteiger partial charge on any atom is 0.406 e. The van der Waals surface area contributed by atoms with E-state index in [0.29, 0.717) is 22.2 Å². The first-order chi connectivity index (χ1) is 12.7. The number of rotatable bonds is 5. The standard InChI is InChI=1S/C17H17F3N6O/c1-10(16(27)26(2)9-17(18,19)20)24-13-5-7-22-15(25-13)12-8-23-14-11(12)4-3-6-21-14/h3-8,10H,9H2,1-2H3,(H,21,23)(H,22,24,25)/t10-/m1/s1. The van der Waals surface area contributed by atoms with Gasteiger partial charge < -0.3 is 15.2 Å². The van der Waals surface area contributed by atoms with Gasteiger partial charge in [-0.15, -0.1) is 0 Å². The summed E-state index contributed by atoms with van der Waals surface area (Å²) >= 11 is 0. The van der Waals surface area contributed by atoms with Crippen molar-refractivity contribution in [2.24, 2.45) is 0 Å². The number of carbonyl (C=O) groups is 1. The van der Waals surface area contributed by atoms with Crippen LogP contribution in [0, 0.1) is 0 Å². The third-order valence-electron chi connectivity index (χ3n) is 3.88. The number of H-pyrrole nitrogens is 1. The zero-order valence-corrected chi connectivity index (χ0v) is 14.6. The second-order valence-electron chi connectivity index (χ2n) is 6.04. The van der Waals surface area contributed by atoms with Crippen molar-refractivity contribution in [3.05, 3.63) is 36.8 Å². The van der Waals surface area contributed by atoms with Gasteiger partial charge in [0.15, 0.2) is 5.82 Å². The molecule has 3 heterocycles. The SMILES string of the molecule is C[C@@H](Nc1ccnc(-c2c[nH]c3ncccc23)n1)C(=O)N(C)CC(F)(F)F. The van der Waals surface area contributed by atoms with E-state index in [-0.39, 0.29) is 0 Å². The highest BCUT2D eigenvalue weighted by Crippen LogP contribution is 2.25. The number of pyridine rings is 1. The van der Waals surface area contributed by atoms with E-state index in [9.17, 15) is 18.0 Å². The number of alkyl halides is 3. The molecule has 0 saturated heterocycles. The molecule has 2 N–H and O–H groups in total. The first-order valence-electron chi connectivity index (χ1n) is 8.08. The summed E-state index contributed by atoms with van der Waals surface area (Å²) in [4.78, 5) is 28.6. The Balaban J connectivity index is 1.77. The van der Waals surface area contributed by atoms with Gasteiger partial charge in [0.05, 0.1) is 0 Å². The molecule has 0 bridgehead atoms. The number of aromatic nitrogens is 4. The quantitative estimate of drug-likeness (QED) is 0.713. The average molecular weight is 378 g/mol. The molecule has 0 saturated carbocycles. The summed E-state index contributed by atoms with van der Waals surface area (Å²) in [5.41, 5.74) is 1.42. The van der Waals surface area contributed by atoms with Crippen LogP contribution in [-0.4, -0.2) is 56.6 Å². The molecule has 3 aromatic heterocycles. The highest BCUT2D eigenvalue weighted by molar-refractivity contribution is 5.91. The van der Waals surface area contributed by atoms with Crippen molar-refractivity contribution < 1.29 is 18.0 Å². The second kappa shape index (κ2) is 7.22. The molecule has 0 radical (unpaired) electrons. The van der Waals surface area contributed by atoms with Gasteiger partial charge in [0.1, 0.15) is 24.1 Å². The van der Waals surface area contributed by atoms with Gasteiger partial charge in [-0.1, -0.05) is 0 Å².